The Hall–Kier alpha value is -0.490. The quantitative estimate of drug-likeness (QED) is 0.628. The molecule has 0 aromatic heterocycles. The van der Waals surface area contributed by atoms with Crippen LogP contribution in [0.4, 0.5) is 8.78 Å². The predicted octanol–water partition coefficient (Wildman–Crippen LogP) is 2.59. The molecule has 2 N–H and O–H groups in total. The smallest absolute Gasteiger partial charge is 0.252 e. The molecule has 0 aliphatic heterocycles. The molecule has 1 aromatic rings. The van der Waals surface area contributed by atoms with Crippen molar-refractivity contribution in [3.05, 3.63) is 32.2 Å². The van der Waals surface area contributed by atoms with Crippen LogP contribution in [-0.2, 0) is 0 Å². The van der Waals surface area contributed by atoms with Crippen molar-refractivity contribution in [2.75, 3.05) is 0 Å². The van der Waals surface area contributed by atoms with Crippen LogP contribution in [0.25, 0.3) is 0 Å². The number of carbonyl (C=O) groups is 1. The van der Waals surface area contributed by atoms with Gasteiger partial charge >= 0.3 is 0 Å². The zero-order valence-corrected chi connectivity index (χ0v) is 9.25. The molecule has 0 atom stereocenters. The van der Waals surface area contributed by atoms with Gasteiger partial charge in [-0.3, -0.25) is 4.79 Å². The SMILES string of the molecule is NC(=O)c1c(F)cc(Br)c(F)c1Br. The fourth-order valence-electron chi connectivity index (χ4n) is 0.792. The van der Waals surface area contributed by atoms with E-state index in [4.69, 9.17) is 5.73 Å². The van der Waals surface area contributed by atoms with E-state index in [0.29, 0.717) is 0 Å². The highest BCUT2D eigenvalue weighted by Crippen LogP contribution is 2.29. The summed E-state index contributed by atoms with van der Waals surface area (Å²) in [6, 6.07) is 0.847. The van der Waals surface area contributed by atoms with Gasteiger partial charge in [0.1, 0.15) is 5.82 Å². The van der Waals surface area contributed by atoms with Gasteiger partial charge in [0.25, 0.3) is 5.91 Å². The molecule has 0 saturated heterocycles. The van der Waals surface area contributed by atoms with E-state index >= 15 is 0 Å². The van der Waals surface area contributed by atoms with Gasteiger partial charge in [-0.2, -0.15) is 0 Å². The third kappa shape index (κ3) is 1.88. The summed E-state index contributed by atoms with van der Waals surface area (Å²) in [5, 5.41) is 0. The average Bonchev–Trinajstić information content (AvgIpc) is 1.99. The van der Waals surface area contributed by atoms with Crippen LogP contribution in [0, 0.1) is 11.6 Å². The van der Waals surface area contributed by atoms with Gasteiger partial charge in [0.05, 0.1) is 14.5 Å². The first kappa shape index (κ1) is 10.6. The number of nitrogens with two attached hydrogens (primary N) is 1. The zero-order valence-electron chi connectivity index (χ0n) is 6.07. The number of carbonyl (C=O) groups excluding carboxylic acids is 1. The Labute approximate surface area is 89.4 Å². The summed E-state index contributed by atoms with van der Waals surface area (Å²) in [6.45, 7) is 0. The first-order valence-corrected chi connectivity index (χ1v) is 4.66. The van der Waals surface area contributed by atoms with Gasteiger partial charge in [0, 0.05) is 0 Å². The standard InChI is InChI=1S/C7H3Br2F2NO/c8-2-1-3(10)4(7(12)13)5(9)6(2)11/h1H,(H2,12,13). The topological polar surface area (TPSA) is 43.1 Å². The van der Waals surface area contributed by atoms with Gasteiger partial charge in [-0.15, -0.1) is 0 Å². The van der Waals surface area contributed by atoms with Crippen molar-refractivity contribution in [2.45, 2.75) is 0 Å². The molecule has 0 radical (unpaired) electrons. The second kappa shape index (κ2) is 3.71. The third-order valence-corrected chi connectivity index (χ3v) is 2.68. The van der Waals surface area contributed by atoms with Crippen molar-refractivity contribution in [3.63, 3.8) is 0 Å². The maximum Gasteiger partial charge on any atom is 0.252 e. The van der Waals surface area contributed by atoms with E-state index in [9.17, 15) is 13.6 Å². The van der Waals surface area contributed by atoms with Crippen molar-refractivity contribution in [1.82, 2.24) is 0 Å². The molecular weight excluding hydrogens is 312 g/mol. The number of benzene rings is 1. The number of amides is 1. The lowest BCUT2D eigenvalue weighted by molar-refractivity contribution is 0.0995. The van der Waals surface area contributed by atoms with E-state index in [0.717, 1.165) is 6.07 Å². The second-order valence-corrected chi connectivity index (χ2v) is 3.85. The van der Waals surface area contributed by atoms with E-state index in [1.165, 1.54) is 0 Å². The van der Waals surface area contributed by atoms with Crippen LogP contribution in [0.3, 0.4) is 0 Å². The molecule has 1 rings (SSSR count). The molecule has 0 fully saturated rings. The van der Waals surface area contributed by atoms with E-state index in [1.807, 2.05) is 0 Å². The predicted molar refractivity (Wildman–Crippen MR) is 50.3 cm³/mol. The normalized spacial score (nSPS) is 10.2. The monoisotopic (exact) mass is 313 g/mol. The molecule has 0 saturated carbocycles. The van der Waals surface area contributed by atoms with E-state index in [1.54, 1.807) is 0 Å². The van der Waals surface area contributed by atoms with Gasteiger partial charge in [-0.05, 0) is 37.9 Å². The molecule has 0 heterocycles. The zero-order chi connectivity index (χ0) is 10.2. The summed E-state index contributed by atoms with van der Waals surface area (Å²) >= 11 is 5.52. The van der Waals surface area contributed by atoms with Crippen molar-refractivity contribution < 1.29 is 13.6 Å². The molecule has 0 spiro atoms. The molecule has 0 aliphatic carbocycles. The summed E-state index contributed by atoms with van der Waals surface area (Å²) < 4.78 is 25.7. The van der Waals surface area contributed by atoms with Crippen LogP contribution in [0.2, 0.25) is 0 Å². The highest BCUT2D eigenvalue weighted by atomic mass is 79.9. The molecular formula is C7H3Br2F2NO. The van der Waals surface area contributed by atoms with E-state index < -0.39 is 23.1 Å². The maximum atomic E-state index is 13.1. The van der Waals surface area contributed by atoms with E-state index in [-0.39, 0.29) is 8.95 Å². The maximum absolute atomic E-state index is 13.1. The van der Waals surface area contributed by atoms with Crippen molar-refractivity contribution in [2.24, 2.45) is 5.73 Å². The Kier molecular flexibility index (Phi) is 3.02. The molecule has 0 bridgehead atoms. The molecule has 1 aromatic carbocycles. The number of primary amides is 1. The minimum atomic E-state index is -1.02. The highest BCUT2D eigenvalue weighted by Gasteiger charge is 2.18. The third-order valence-electron chi connectivity index (χ3n) is 1.36. The Bertz CT molecular complexity index is 381. The van der Waals surface area contributed by atoms with Crippen molar-refractivity contribution in [3.8, 4) is 0 Å². The number of halogens is 4. The Morgan fingerprint density at radius 2 is 1.92 bits per heavy atom. The van der Waals surface area contributed by atoms with Gasteiger partial charge < -0.3 is 5.73 Å². The van der Waals surface area contributed by atoms with Crippen LogP contribution < -0.4 is 5.73 Å². The molecule has 1 amide bonds. The van der Waals surface area contributed by atoms with Gasteiger partial charge in [0.15, 0.2) is 5.82 Å². The molecule has 0 unspecified atom stereocenters. The largest absolute Gasteiger partial charge is 0.365 e. The number of hydrogen-bond donors (Lipinski definition) is 1. The fourth-order valence-corrected chi connectivity index (χ4v) is 2.06. The van der Waals surface area contributed by atoms with Crippen LogP contribution in [0.1, 0.15) is 10.4 Å². The van der Waals surface area contributed by atoms with Crippen LogP contribution in [0.5, 0.6) is 0 Å². The minimum absolute atomic E-state index is 0.0677. The minimum Gasteiger partial charge on any atom is -0.365 e. The Morgan fingerprint density at radius 1 is 1.38 bits per heavy atom. The number of rotatable bonds is 1. The summed E-state index contributed by atoms with van der Waals surface area (Å²) in [5.74, 6) is -2.64. The van der Waals surface area contributed by atoms with Crippen LogP contribution in [0.15, 0.2) is 15.0 Å². The Morgan fingerprint density at radius 3 is 2.38 bits per heavy atom. The van der Waals surface area contributed by atoms with E-state index in [2.05, 4.69) is 31.9 Å². The van der Waals surface area contributed by atoms with Crippen molar-refractivity contribution >= 4 is 37.8 Å². The first-order chi connectivity index (χ1) is 5.95. The summed E-state index contributed by atoms with van der Waals surface area (Å²) in [4.78, 5) is 10.7. The molecule has 70 valence electrons. The lowest BCUT2D eigenvalue weighted by Crippen LogP contribution is -2.15. The van der Waals surface area contributed by atoms with Crippen molar-refractivity contribution in [1.29, 1.82) is 0 Å². The highest BCUT2D eigenvalue weighted by molar-refractivity contribution is 9.11. The molecule has 13 heavy (non-hydrogen) atoms. The van der Waals surface area contributed by atoms with Gasteiger partial charge in [-0.25, -0.2) is 8.78 Å². The number of hydrogen-bond acceptors (Lipinski definition) is 1. The summed E-state index contributed by atoms with van der Waals surface area (Å²) in [6.07, 6.45) is 0. The van der Waals surface area contributed by atoms with Gasteiger partial charge in [0.2, 0.25) is 0 Å². The molecule has 0 aliphatic rings. The second-order valence-electron chi connectivity index (χ2n) is 2.21. The average molecular weight is 315 g/mol. The lowest BCUT2D eigenvalue weighted by Gasteiger charge is -2.04. The molecule has 2 nitrogen and oxygen atoms in total. The molecule has 6 heteroatoms. The van der Waals surface area contributed by atoms with Crippen LogP contribution in [-0.4, -0.2) is 5.91 Å². The van der Waals surface area contributed by atoms with Gasteiger partial charge in [-0.1, -0.05) is 0 Å². The fraction of sp³-hybridized carbons (Fsp3) is 0. The summed E-state index contributed by atoms with van der Waals surface area (Å²) in [7, 11) is 0. The Balaban J connectivity index is 3.53. The summed E-state index contributed by atoms with van der Waals surface area (Å²) in [5.41, 5.74) is 4.36. The van der Waals surface area contributed by atoms with Crippen LogP contribution >= 0.6 is 31.9 Å². The first-order valence-electron chi connectivity index (χ1n) is 3.08. The lowest BCUT2D eigenvalue weighted by atomic mass is 10.2.